The molecule has 0 aliphatic carbocycles. The van der Waals surface area contributed by atoms with Gasteiger partial charge in [-0.2, -0.15) is 10.2 Å². The minimum absolute atomic E-state index is 0.201. The molecular formula is C14H22ClN5. The number of hydrogen-bond acceptors (Lipinski definition) is 3. The van der Waals surface area contributed by atoms with E-state index in [4.69, 9.17) is 11.6 Å². The van der Waals surface area contributed by atoms with Crippen molar-refractivity contribution in [3.05, 3.63) is 34.4 Å². The van der Waals surface area contributed by atoms with Crippen LogP contribution in [0, 0.1) is 6.92 Å². The molecule has 2 heterocycles. The standard InChI is InChI=1S/C14H22ClN5/c1-5-16-12(11-8-17-19(4)9-11)7-13-14(15)10(3)18-20(13)6-2/h8-9,12,16H,5-7H2,1-4H3. The highest BCUT2D eigenvalue weighted by molar-refractivity contribution is 6.31. The molecule has 0 saturated heterocycles. The van der Waals surface area contributed by atoms with Gasteiger partial charge in [0.1, 0.15) is 0 Å². The fraction of sp³-hybridized carbons (Fsp3) is 0.571. The molecule has 0 aromatic carbocycles. The van der Waals surface area contributed by atoms with E-state index in [1.807, 2.05) is 35.7 Å². The SMILES string of the molecule is CCNC(Cc1c(Cl)c(C)nn1CC)c1cnn(C)c1. The number of hydrogen-bond donors (Lipinski definition) is 1. The highest BCUT2D eigenvalue weighted by atomic mass is 35.5. The van der Waals surface area contributed by atoms with Crippen LogP contribution in [0.15, 0.2) is 12.4 Å². The molecule has 0 aliphatic rings. The molecule has 20 heavy (non-hydrogen) atoms. The predicted octanol–water partition coefficient (Wildman–Crippen LogP) is 2.49. The number of likely N-dealkylation sites (N-methyl/N-ethyl adjacent to an activating group) is 1. The number of nitrogens with zero attached hydrogens (tertiary/aromatic N) is 4. The number of halogens is 1. The Hall–Kier alpha value is -1.33. The molecule has 0 fully saturated rings. The summed E-state index contributed by atoms with van der Waals surface area (Å²) in [6, 6.07) is 0.201. The molecule has 6 heteroatoms. The van der Waals surface area contributed by atoms with Crippen molar-refractivity contribution in [2.75, 3.05) is 6.54 Å². The largest absolute Gasteiger partial charge is 0.310 e. The van der Waals surface area contributed by atoms with Gasteiger partial charge in [-0.25, -0.2) is 0 Å². The number of aryl methyl sites for hydroxylation is 3. The van der Waals surface area contributed by atoms with Crippen LogP contribution in [0.1, 0.15) is 36.8 Å². The van der Waals surface area contributed by atoms with Gasteiger partial charge >= 0.3 is 0 Å². The molecular weight excluding hydrogens is 274 g/mol. The molecule has 0 bridgehead atoms. The summed E-state index contributed by atoms with van der Waals surface area (Å²) >= 11 is 6.40. The van der Waals surface area contributed by atoms with Gasteiger partial charge in [-0.3, -0.25) is 9.36 Å². The summed E-state index contributed by atoms with van der Waals surface area (Å²) in [5.74, 6) is 0. The first-order valence-corrected chi connectivity index (χ1v) is 7.38. The number of rotatable bonds is 6. The molecule has 2 aromatic heterocycles. The van der Waals surface area contributed by atoms with E-state index in [1.54, 1.807) is 0 Å². The summed E-state index contributed by atoms with van der Waals surface area (Å²) in [5, 5.41) is 13.0. The molecule has 2 rings (SSSR count). The second-order valence-electron chi connectivity index (χ2n) is 4.92. The van der Waals surface area contributed by atoms with Crippen LogP contribution < -0.4 is 5.32 Å². The maximum atomic E-state index is 6.40. The Balaban J connectivity index is 2.28. The highest BCUT2D eigenvalue weighted by Crippen LogP contribution is 2.26. The summed E-state index contributed by atoms with van der Waals surface area (Å²) in [6.45, 7) is 7.86. The summed E-state index contributed by atoms with van der Waals surface area (Å²) in [6.07, 6.45) is 4.76. The van der Waals surface area contributed by atoms with Gasteiger partial charge in [0.2, 0.25) is 0 Å². The van der Waals surface area contributed by atoms with Gasteiger partial charge in [-0.05, 0) is 20.4 Å². The Labute approximate surface area is 124 Å². The molecule has 1 unspecified atom stereocenters. The molecule has 0 amide bonds. The van der Waals surface area contributed by atoms with Crippen LogP contribution in [0.2, 0.25) is 5.02 Å². The zero-order valence-corrected chi connectivity index (χ0v) is 13.3. The fourth-order valence-corrected chi connectivity index (χ4v) is 2.64. The van der Waals surface area contributed by atoms with Crippen molar-refractivity contribution in [2.24, 2.45) is 7.05 Å². The first kappa shape index (κ1) is 15.1. The van der Waals surface area contributed by atoms with Crippen molar-refractivity contribution in [2.45, 2.75) is 39.8 Å². The topological polar surface area (TPSA) is 47.7 Å². The van der Waals surface area contributed by atoms with E-state index in [1.165, 1.54) is 5.56 Å². The normalized spacial score (nSPS) is 12.8. The zero-order chi connectivity index (χ0) is 14.7. The summed E-state index contributed by atoms with van der Waals surface area (Å²) in [7, 11) is 1.93. The van der Waals surface area contributed by atoms with Crippen molar-refractivity contribution in [1.82, 2.24) is 24.9 Å². The first-order valence-electron chi connectivity index (χ1n) is 7.00. The minimum atomic E-state index is 0.201. The van der Waals surface area contributed by atoms with Gasteiger partial charge in [-0.1, -0.05) is 18.5 Å². The van der Waals surface area contributed by atoms with Crippen LogP contribution in [0.5, 0.6) is 0 Å². The second kappa shape index (κ2) is 6.41. The van der Waals surface area contributed by atoms with Crippen LogP contribution in [0.3, 0.4) is 0 Å². The van der Waals surface area contributed by atoms with E-state index in [0.29, 0.717) is 0 Å². The molecule has 1 N–H and O–H groups in total. The van der Waals surface area contributed by atoms with Gasteiger partial charge in [0, 0.05) is 37.8 Å². The number of nitrogens with one attached hydrogen (secondary N) is 1. The third kappa shape index (κ3) is 3.04. The average Bonchev–Trinajstić information content (AvgIpc) is 2.96. The van der Waals surface area contributed by atoms with E-state index < -0.39 is 0 Å². The van der Waals surface area contributed by atoms with Gasteiger partial charge in [0.05, 0.1) is 22.6 Å². The molecule has 2 aromatic rings. The quantitative estimate of drug-likeness (QED) is 0.891. The number of aromatic nitrogens is 4. The van der Waals surface area contributed by atoms with Gasteiger partial charge in [0.25, 0.3) is 0 Å². The van der Waals surface area contributed by atoms with Crippen molar-refractivity contribution in [3.8, 4) is 0 Å². The van der Waals surface area contributed by atoms with E-state index in [9.17, 15) is 0 Å². The molecule has 5 nitrogen and oxygen atoms in total. The molecule has 0 radical (unpaired) electrons. The Kier molecular flexibility index (Phi) is 4.83. The molecule has 1 atom stereocenters. The van der Waals surface area contributed by atoms with Crippen LogP contribution in [-0.2, 0) is 20.0 Å². The maximum Gasteiger partial charge on any atom is 0.0847 e. The Morgan fingerprint density at radius 1 is 1.40 bits per heavy atom. The van der Waals surface area contributed by atoms with Crippen LogP contribution >= 0.6 is 11.6 Å². The molecule has 110 valence electrons. The smallest absolute Gasteiger partial charge is 0.0847 e. The van der Waals surface area contributed by atoms with E-state index in [-0.39, 0.29) is 6.04 Å². The Bertz CT molecular complexity index is 572. The van der Waals surface area contributed by atoms with Gasteiger partial charge < -0.3 is 5.32 Å². The van der Waals surface area contributed by atoms with E-state index in [0.717, 1.165) is 35.9 Å². The first-order chi connectivity index (χ1) is 9.56. The summed E-state index contributed by atoms with van der Waals surface area (Å²) in [5.41, 5.74) is 3.15. The summed E-state index contributed by atoms with van der Waals surface area (Å²) in [4.78, 5) is 0. The third-order valence-corrected chi connectivity index (χ3v) is 3.92. The predicted molar refractivity (Wildman–Crippen MR) is 81.0 cm³/mol. The van der Waals surface area contributed by atoms with Crippen molar-refractivity contribution in [3.63, 3.8) is 0 Å². The average molecular weight is 296 g/mol. The van der Waals surface area contributed by atoms with Crippen molar-refractivity contribution in [1.29, 1.82) is 0 Å². The Morgan fingerprint density at radius 3 is 2.70 bits per heavy atom. The van der Waals surface area contributed by atoms with E-state index >= 15 is 0 Å². The van der Waals surface area contributed by atoms with Crippen LogP contribution in [0.4, 0.5) is 0 Å². The molecule has 0 saturated carbocycles. The van der Waals surface area contributed by atoms with Crippen molar-refractivity contribution >= 4 is 11.6 Å². The lowest BCUT2D eigenvalue weighted by molar-refractivity contribution is 0.516. The lowest BCUT2D eigenvalue weighted by atomic mass is 10.1. The van der Waals surface area contributed by atoms with Gasteiger partial charge in [-0.15, -0.1) is 0 Å². The van der Waals surface area contributed by atoms with Gasteiger partial charge in [0.15, 0.2) is 0 Å². The third-order valence-electron chi connectivity index (χ3n) is 3.43. The lowest BCUT2D eigenvalue weighted by Gasteiger charge is -2.17. The molecule has 0 aliphatic heterocycles. The lowest BCUT2D eigenvalue weighted by Crippen LogP contribution is -2.24. The molecule has 0 spiro atoms. The highest BCUT2D eigenvalue weighted by Gasteiger charge is 2.19. The van der Waals surface area contributed by atoms with Crippen LogP contribution in [0.25, 0.3) is 0 Å². The monoisotopic (exact) mass is 295 g/mol. The fourth-order valence-electron chi connectivity index (χ4n) is 2.43. The Morgan fingerprint density at radius 2 is 2.15 bits per heavy atom. The zero-order valence-electron chi connectivity index (χ0n) is 12.5. The van der Waals surface area contributed by atoms with Crippen LogP contribution in [-0.4, -0.2) is 26.1 Å². The summed E-state index contributed by atoms with van der Waals surface area (Å²) < 4.78 is 3.81. The maximum absolute atomic E-state index is 6.40. The van der Waals surface area contributed by atoms with E-state index in [2.05, 4.69) is 29.4 Å². The second-order valence-corrected chi connectivity index (χ2v) is 5.30. The minimum Gasteiger partial charge on any atom is -0.310 e. The van der Waals surface area contributed by atoms with Crippen molar-refractivity contribution < 1.29 is 0 Å².